The van der Waals surface area contributed by atoms with E-state index >= 15 is 0 Å². The predicted molar refractivity (Wildman–Crippen MR) is 78.2 cm³/mol. The molecule has 0 spiro atoms. The van der Waals surface area contributed by atoms with Crippen molar-refractivity contribution in [3.63, 3.8) is 0 Å². The number of nitrogens with one attached hydrogen (secondary N) is 2. The molecule has 0 aliphatic heterocycles. The van der Waals surface area contributed by atoms with Gasteiger partial charge in [0, 0.05) is 11.9 Å². The van der Waals surface area contributed by atoms with Crippen LogP contribution in [0.1, 0.15) is 19.4 Å². The van der Waals surface area contributed by atoms with Crippen LogP contribution in [0.5, 0.6) is 0 Å². The van der Waals surface area contributed by atoms with E-state index in [-0.39, 0.29) is 5.91 Å². The molecule has 1 aromatic heterocycles. The van der Waals surface area contributed by atoms with E-state index in [1.54, 1.807) is 13.0 Å². The standard InChI is InChI=1S/C15H16N4O/c1-3-17-15(20)10(2)18-14-8-11(9-16)12-6-4-5-7-13(12)19-14/h4-8,10H,3H2,1-2H3,(H,17,20)(H,18,19). The molecule has 5 heteroatoms. The Morgan fingerprint density at radius 3 is 2.90 bits per heavy atom. The lowest BCUT2D eigenvalue weighted by Gasteiger charge is -2.14. The van der Waals surface area contributed by atoms with Crippen molar-refractivity contribution in [3.05, 3.63) is 35.9 Å². The van der Waals surface area contributed by atoms with E-state index in [0.717, 1.165) is 10.9 Å². The number of hydrogen-bond donors (Lipinski definition) is 2. The molecule has 1 atom stereocenters. The lowest BCUT2D eigenvalue weighted by atomic mass is 10.1. The first-order valence-electron chi connectivity index (χ1n) is 6.50. The molecule has 102 valence electrons. The molecule has 0 bridgehead atoms. The first-order valence-corrected chi connectivity index (χ1v) is 6.50. The quantitative estimate of drug-likeness (QED) is 0.889. The van der Waals surface area contributed by atoms with Gasteiger partial charge in [-0.25, -0.2) is 4.98 Å². The number of pyridine rings is 1. The van der Waals surface area contributed by atoms with E-state index in [1.165, 1.54) is 0 Å². The number of anilines is 1. The van der Waals surface area contributed by atoms with E-state index in [4.69, 9.17) is 0 Å². The summed E-state index contributed by atoms with van der Waals surface area (Å²) < 4.78 is 0. The van der Waals surface area contributed by atoms with Gasteiger partial charge >= 0.3 is 0 Å². The minimum atomic E-state index is -0.407. The van der Waals surface area contributed by atoms with Gasteiger partial charge in [0.25, 0.3) is 0 Å². The lowest BCUT2D eigenvalue weighted by molar-refractivity contribution is -0.121. The van der Waals surface area contributed by atoms with Gasteiger partial charge in [-0.15, -0.1) is 0 Å². The van der Waals surface area contributed by atoms with E-state index < -0.39 is 6.04 Å². The molecule has 0 aliphatic rings. The van der Waals surface area contributed by atoms with Gasteiger partial charge in [-0.05, 0) is 26.0 Å². The minimum Gasteiger partial charge on any atom is -0.359 e. The predicted octanol–water partition coefficient (Wildman–Crippen LogP) is 2.04. The van der Waals surface area contributed by atoms with Crippen molar-refractivity contribution in [2.45, 2.75) is 19.9 Å². The van der Waals surface area contributed by atoms with Crippen LogP contribution in [-0.4, -0.2) is 23.5 Å². The Labute approximate surface area is 117 Å². The van der Waals surface area contributed by atoms with Crippen LogP contribution >= 0.6 is 0 Å². The average Bonchev–Trinajstić information content (AvgIpc) is 2.46. The summed E-state index contributed by atoms with van der Waals surface area (Å²) in [6, 6.07) is 10.9. The molecular weight excluding hydrogens is 252 g/mol. The summed E-state index contributed by atoms with van der Waals surface area (Å²) in [7, 11) is 0. The highest BCUT2D eigenvalue weighted by Gasteiger charge is 2.13. The number of carbonyl (C=O) groups excluding carboxylic acids is 1. The number of carbonyl (C=O) groups is 1. The summed E-state index contributed by atoms with van der Waals surface area (Å²) in [5, 5.41) is 15.8. The number of nitriles is 1. The Morgan fingerprint density at radius 1 is 1.45 bits per heavy atom. The molecule has 0 saturated carbocycles. The second-order valence-electron chi connectivity index (χ2n) is 4.44. The number of aromatic nitrogens is 1. The Balaban J connectivity index is 2.32. The van der Waals surface area contributed by atoms with Gasteiger partial charge in [-0.1, -0.05) is 18.2 Å². The number of benzene rings is 1. The number of hydrogen-bond acceptors (Lipinski definition) is 4. The molecule has 1 aromatic carbocycles. The summed E-state index contributed by atoms with van der Waals surface area (Å²) in [6.45, 7) is 4.21. The molecule has 5 nitrogen and oxygen atoms in total. The molecule has 2 N–H and O–H groups in total. The van der Waals surface area contributed by atoms with E-state index in [2.05, 4.69) is 21.7 Å². The molecule has 20 heavy (non-hydrogen) atoms. The summed E-state index contributed by atoms with van der Waals surface area (Å²) in [6.07, 6.45) is 0. The van der Waals surface area contributed by atoms with E-state index in [9.17, 15) is 10.1 Å². The molecule has 0 aliphatic carbocycles. The Morgan fingerprint density at radius 2 is 2.20 bits per heavy atom. The van der Waals surface area contributed by atoms with Crippen molar-refractivity contribution in [1.82, 2.24) is 10.3 Å². The minimum absolute atomic E-state index is 0.0963. The fourth-order valence-corrected chi connectivity index (χ4v) is 1.96. The maximum absolute atomic E-state index is 11.7. The van der Waals surface area contributed by atoms with E-state index in [1.807, 2.05) is 31.2 Å². The highest BCUT2D eigenvalue weighted by atomic mass is 16.2. The maximum atomic E-state index is 11.7. The monoisotopic (exact) mass is 268 g/mol. The zero-order valence-electron chi connectivity index (χ0n) is 11.5. The summed E-state index contributed by atoms with van der Waals surface area (Å²) in [5.41, 5.74) is 1.28. The summed E-state index contributed by atoms with van der Waals surface area (Å²) >= 11 is 0. The molecule has 1 unspecified atom stereocenters. The Bertz CT molecular complexity index is 675. The number of rotatable bonds is 4. The highest BCUT2D eigenvalue weighted by Crippen LogP contribution is 2.20. The topological polar surface area (TPSA) is 77.8 Å². The molecule has 2 rings (SSSR count). The van der Waals surface area contributed by atoms with Crippen molar-refractivity contribution < 1.29 is 4.79 Å². The molecule has 0 fully saturated rings. The van der Waals surface area contributed by atoms with Crippen molar-refractivity contribution >= 4 is 22.6 Å². The first-order chi connectivity index (χ1) is 9.65. The Hall–Kier alpha value is -2.61. The fraction of sp³-hybridized carbons (Fsp3) is 0.267. The van der Waals surface area contributed by atoms with Crippen molar-refractivity contribution in [2.75, 3.05) is 11.9 Å². The molecular formula is C15H16N4O. The largest absolute Gasteiger partial charge is 0.359 e. The van der Waals surface area contributed by atoms with Gasteiger partial charge in [-0.2, -0.15) is 5.26 Å². The van der Waals surface area contributed by atoms with Gasteiger partial charge in [0.1, 0.15) is 11.9 Å². The van der Waals surface area contributed by atoms with Crippen LogP contribution in [0.3, 0.4) is 0 Å². The molecule has 2 aromatic rings. The SMILES string of the molecule is CCNC(=O)C(C)Nc1cc(C#N)c2ccccc2n1. The molecule has 0 radical (unpaired) electrons. The molecule has 0 saturated heterocycles. The third kappa shape index (κ3) is 2.86. The third-order valence-electron chi connectivity index (χ3n) is 2.95. The maximum Gasteiger partial charge on any atom is 0.242 e. The van der Waals surface area contributed by atoms with Crippen molar-refractivity contribution in [1.29, 1.82) is 5.26 Å². The fourth-order valence-electron chi connectivity index (χ4n) is 1.96. The highest BCUT2D eigenvalue weighted by molar-refractivity contribution is 5.88. The summed E-state index contributed by atoms with van der Waals surface area (Å²) in [5.74, 6) is 0.431. The van der Waals surface area contributed by atoms with Crippen LogP contribution in [0.25, 0.3) is 10.9 Å². The van der Waals surface area contributed by atoms with Gasteiger partial charge in [0.2, 0.25) is 5.91 Å². The van der Waals surface area contributed by atoms with Gasteiger partial charge < -0.3 is 10.6 Å². The van der Waals surface area contributed by atoms with Crippen LogP contribution < -0.4 is 10.6 Å². The van der Waals surface area contributed by atoms with Crippen LogP contribution in [0.2, 0.25) is 0 Å². The number of nitrogens with zero attached hydrogens (tertiary/aromatic N) is 2. The Kier molecular flexibility index (Phi) is 4.16. The number of para-hydroxylation sites is 1. The first kappa shape index (κ1) is 13.8. The van der Waals surface area contributed by atoms with Gasteiger partial charge in [0.15, 0.2) is 0 Å². The zero-order chi connectivity index (χ0) is 14.5. The second-order valence-corrected chi connectivity index (χ2v) is 4.44. The average molecular weight is 268 g/mol. The van der Waals surface area contributed by atoms with Crippen molar-refractivity contribution in [2.24, 2.45) is 0 Å². The zero-order valence-corrected chi connectivity index (χ0v) is 11.5. The molecule has 1 amide bonds. The van der Waals surface area contributed by atoms with E-state index in [0.29, 0.717) is 17.9 Å². The van der Waals surface area contributed by atoms with Crippen LogP contribution in [0.15, 0.2) is 30.3 Å². The molecule has 1 heterocycles. The number of amides is 1. The third-order valence-corrected chi connectivity index (χ3v) is 2.95. The van der Waals surface area contributed by atoms with Gasteiger partial charge in [0.05, 0.1) is 17.1 Å². The smallest absolute Gasteiger partial charge is 0.242 e. The van der Waals surface area contributed by atoms with Gasteiger partial charge in [-0.3, -0.25) is 4.79 Å². The van der Waals surface area contributed by atoms with Crippen LogP contribution in [0.4, 0.5) is 5.82 Å². The lowest BCUT2D eigenvalue weighted by Crippen LogP contribution is -2.37. The van der Waals surface area contributed by atoms with Crippen LogP contribution in [0, 0.1) is 11.3 Å². The second kappa shape index (κ2) is 6.02. The number of fused-ring (bicyclic) bond motifs is 1. The normalized spacial score (nSPS) is 11.7. The number of likely N-dealkylation sites (N-methyl/N-ethyl adjacent to an activating group) is 1. The summed E-state index contributed by atoms with van der Waals surface area (Å²) in [4.78, 5) is 16.1. The van der Waals surface area contributed by atoms with Crippen molar-refractivity contribution in [3.8, 4) is 6.07 Å². The van der Waals surface area contributed by atoms with Crippen LogP contribution in [-0.2, 0) is 4.79 Å².